The molecular weight excluding hydrogens is 338 g/mol. The first-order chi connectivity index (χ1) is 11.8. The van der Waals surface area contributed by atoms with Crippen molar-refractivity contribution in [2.45, 2.75) is 31.1 Å². The predicted molar refractivity (Wildman–Crippen MR) is 102 cm³/mol. The third-order valence-electron chi connectivity index (χ3n) is 4.24. The molecule has 4 nitrogen and oxygen atoms in total. The fraction of sp³-hybridized carbons (Fsp3) is 0.444. The molecule has 2 aromatic rings. The van der Waals surface area contributed by atoms with Gasteiger partial charge in [0.1, 0.15) is 5.01 Å². The summed E-state index contributed by atoms with van der Waals surface area (Å²) in [6.45, 7) is 2.64. The molecule has 0 spiro atoms. The molecule has 1 fully saturated rings. The van der Waals surface area contributed by atoms with Crippen LogP contribution in [0.25, 0.3) is 0 Å². The Labute approximate surface area is 151 Å². The van der Waals surface area contributed by atoms with Crippen LogP contribution in [0.1, 0.15) is 45.4 Å². The lowest BCUT2D eigenvalue weighted by Crippen LogP contribution is -2.28. The van der Waals surface area contributed by atoms with Gasteiger partial charge >= 0.3 is 0 Å². The summed E-state index contributed by atoms with van der Waals surface area (Å²) in [5.74, 6) is 1.46. The Morgan fingerprint density at radius 3 is 2.96 bits per heavy atom. The lowest BCUT2D eigenvalue weighted by Gasteiger charge is -2.23. The molecule has 1 aliphatic rings. The summed E-state index contributed by atoms with van der Waals surface area (Å²) >= 11 is 3.41. The summed E-state index contributed by atoms with van der Waals surface area (Å²) in [4.78, 5) is 16.8. The molecule has 24 heavy (non-hydrogen) atoms. The van der Waals surface area contributed by atoms with E-state index in [1.807, 2.05) is 17.5 Å². The first kappa shape index (κ1) is 17.5. The largest absolute Gasteiger partial charge is 0.346 e. The second-order valence-electron chi connectivity index (χ2n) is 6.01. The Bertz CT molecular complexity index is 663. The van der Waals surface area contributed by atoms with Crippen molar-refractivity contribution in [1.29, 1.82) is 0 Å². The minimum absolute atomic E-state index is 0.0391. The lowest BCUT2D eigenvalue weighted by atomic mass is 9.91. The SMILES string of the molecule is CSCc1nc(CNC(=O)c2ccc([C@H]3CCCNC3)cc2)cs1. The Morgan fingerprint density at radius 2 is 2.25 bits per heavy atom. The number of amides is 1. The van der Waals surface area contributed by atoms with Crippen LogP contribution in [-0.4, -0.2) is 30.2 Å². The maximum atomic E-state index is 12.3. The van der Waals surface area contributed by atoms with E-state index in [-0.39, 0.29) is 5.91 Å². The molecule has 2 heterocycles. The number of aromatic nitrogens is 1. The number of rotatable bonds is 6. The number of piperidine rings is 1. The highest BCUT2D eigenvalue weighted by atomic mass is 32.2. The van der Waals surface area contributed by atoms with Crippen molar-refractivity contribution in [3.63, 3.8) is 0 Å². The van der Waals surface area contributed by atoms with Crippen LogP contribution < -0.4 is 10.6 Å². The number of hydrogen-bond acceptors (Lipinski definition) is 5. The molecule has 1 amide bonds. The van der Waals surface area contributed by atoms with Gasteiger partial charge in [0.15, 0.2) is 0 Å². The maximum absolute atomic E-state index is 12.3. The van der Waals surface area contributed by atoms with Crippen LogP contribution in [0.2, 0.25) is 0 Å². The number of thiazole rings is 1. The number of nitrogens with one attached hydrogen (secondary N) is 2. The van der Waals surface area contributed by atoms with Gasteiger partial charge < -0.3 is 10.6 Å². The van der Waals surface area contributed by atoms with E-state index in [1.54, 1.807) is 23.1 Å². The molecule has 0 saturated carbocycles. The van der Waals surface area contributed by atoms with Crippen molar-refractivity contribution in [3.8, 4) is 0 Å². The molecule has 1 atom stereocenters. The van der Waals surface area contributed by atoms with Crippen molar-refractivity contribution in [1.82, 2.24) is 15.6 Å². The van der Waals surface area contributed by atoms with Crippen LogP contribution in [-0.2, 0) is 12.3 Å². The Balaban J connectivity index is 1.54. The van der Waals surface area contributed by atoms with Crippen LogP contribution in [0.5, 0.6) is 0 Å². The van der Waals surface area contributed by atoms with Gasteiger partial charge in [-0.05, 0) is 49.3 Å². The summed E-state index contributed by atoms with van der Waals surface area (Å²) in [6.07, 6.45) is 4.51. The van der Waals surface area contributed by atoms with Crippen LogP contribution in [0.4, 0.5) is 0 Å². The third kappa shape index (κ3) is 4.59. The predicted octanol–water partition coefficient (Wildman–Crippen LogP) is 3.40. The van der Waals surface area contributed by atoms with Crippen LogP contribution >= 0.6 is 23.1 Å². The van der Waals surface area contributed by atoms with E-state index in [0.29, 0.717) is 18.0 Å². The minimum Gasteiger partial charge on any atom is -0.346 e. The first-order valence-electron chi connectivity index (χ1n) is 8.27. The number of carbonyl (C=O) groups is 1. The average molecular weight is 362 g/mol. The molecule has 128 valence electrons. The molecule has 1 aliphatic heterocycles. The van der Waals surface area contributed by atoms with Gasteiger partial charge in [-0.25, -0.2) is 4.98 Å². The van der Waals surface area contributed by atoms with E-state index in [0.717, 1.165) is 29.5 Å². The molecule has 0 aliphatic carbocycles. The van der Waals surface area contributed by atoms with E-state index in [9.17, 15) is 4.79 Å². The van der Waals surface area contributed by atoms with Crippen molar-refractivity contribution in [2.75, 3.05) is 19.3 Å². The molecule has 1 saturated heterocycles. The van der Waals surface area contributed by atoms with Crippen molar-refractivity contribution in [3.05, 3.63) is 51.5 Å². The number of nitrogens with zero attached hydrogens (tertiary/aromatic N) is 1. The zero-order valence-corrected chi connectivity index (χ0v) is 15.5. The zero-order valence-electron chi connectivity index (χ0n) is 13.9. The zero-order chi connectivity index (χ0) is 16.8. The summed E-state index contributed by atoms with van der Waals surface area (Å²) in [7, 11) is 0. The Morgan fingerprint density at radius 1 is 1.42 bits per heavy atom. The monoisotopic (exact) mass is 361 g/mol. The van der Waals surface area contributed by atoms with Crippen molar-refractivity contribution in [2.24, 2.45) is 0 Å². The standard InChI is InChI=1S/C18H23N3OS2/c1-23-12-17-21-16(11-24-17)10-20-18(22)14-6-4-13(5-7-14)15-3-2-8-19-9-15/h4-7,11,15,19H,2-3,8-10,12H2,1H3,(H,20,22)/t15-/m0/s1. The minimum atomic E-state index is -0.0391. The highest BCUT2D eigenvalue weighted by Gasteiger charge is 2.15. The van der Waals surface area contributed by atoms with Crippen molar-refractivity contribution >= 4 is 29.0 Å². The number of benzene rings is 1. The molecule has 0 bridgehead atoms. The molecule has 0 unspecified atom stereocenters. The van der Waals surface area contributed by atoms with Gasteiger partial charge in [-0.15, -0.1) is 11.3 Å². The molecular formula is C18H23N3OS2. The van der Waals surface area contributed by atoms with E-state index < -0.39 is 0 Å². The molecule has 1 aromatic carbocycles. The lowest BCUT2D eigenvalue weighted by molar-refractivity contribution is 0.0950. The van der Waals surface area contributed by atoms with Gasteiger partial charge in [0.25, 0.3) is 5.91 Å². The first-order valence-corrected chi connectivity index (χ1v) is 10.5. The van der Waals surface area contributed by atoms with Crippen LogP contribution in [0.15, 0.2) is 29.6 Å². The molecule has 3 rings (SSSR count). The van der Waals surface area contributed by atoms with Crippen LogP contribution in [0.3, 0.4) is 0 Å². The number of thioether (sulfide) groups is 1. The van der Waals surface area contributed by atoms with Gasteiger partial charge in [-0.2, -0.15) is 11.8 Å². The van der Waals surface area contributed by atoms with Gasteiger partial charge in [0.05, 0.1) is 12.2 Å². The van der Waals surface area contributed by atoms with E-state index in [4.69, 9.17) is 0 Å². The molecule has 6 heteroatoms. The normalized spacial score (nSPS) is 17.6. The van der Waals surface area contributed by atoms with Gasteiger partial charge in [-0.3, -0.25) is 4.79 Å². The van der Waals surface area contributed by atoms with Gasteiger partial charge in [0.2, 0.25) is 0 Å². The highest BCUT2D eigenvalue weighted by molar-refractivity contribution is 7.97. The molecule has 2 N–H and O–H groups in total. The smallest absolute Gasteiger partial charge is 0.251 e. The van der Waals surface area contributed by atoms with E-state index in [1.165, 1.54) is 18.4 Å². The Hall–Kier alpha value is -1.37. The van der Waals surface area contributed by atoms with Crippen LogP contribution in [0, 0.1) is 0 Å². The topological polar surface area (TPSA) is 54.0 Å². The summed E-state index contributed by atoms with van der Waals surface area (Å²) in [6, 6.07) is 8.04. The van der Waals surface area contributed by atoms with Gasteiger partial charge in [0, 0.05) is 23.2 Å². The Kier molecular flexibility index (Phi) is 6.29. The fourth-order valence-electron chi connectivity index (χ4n) is 2.94. The third-order valence-corrected chi connectivity index (χ3v) is 5.88. The molecule has 1 aromatic heterocycles. The second-order valence-corrected chi connectivity index (χ2v) is 7.82. The van der Waals surface area contributed by atoms with E-state index >= 15 is 0 Å². The molecule has 0 radical (unpaired) electrons. The summed E-state index contributed by atoms with van der Waals surface area (Å²) in [5.41, 5.74) is 2.96. The summed E-state index contributed by atoms with van der Waals surface area (Å²) < 4.78 is 0. The van der Waals surface area contributed by atoms with Crippen molar-refractivity contribution < 1.29 is 4.79 Å². The average Bonchev–Trinajstić information content (AvgIpc) is 3.08. The fourth-order valence-corrected chi connectivity index (χ4v) is 4.45. The van der Waals surface area contributed by atoms with Gasteiger partial charge in [-0.1, -0.05) is 12.1 Å². The number of carbonyl (C=O) groups excluding carboxylic acids is 1. The summed E-state index contributed by atoms with van der Waals surface area (Å²) in [5, 5.41) is 9.52. The second kappa shape index (κ2) is 8.65. The quantitative estimate of drug-likeness (QED) is 0.828. The maximum Gasteiger partial charge on any atom is 0.251 e. The highest BCUT2D eigenvalue weighted by Crippen LogP contribution is 2.23. The number of hydrogen-bond donors (Lipinski definition) is 2. The van der Waals surface area contributed by atoms with E-state index in [2.05, 4.69) is 34.0 Å².